The minimum absolute atomic E-state index is 0.269. The highest BCUT2D eigenvalue weighted by molar-refractivity contribution is 6.32. The molecule has 0 spiro atoms. The van der Waals surface area contributed by atoms with Crippen LogP contribution in [0.3, 0.4) is 0 Å². The quantitative estimate of drug-likeness (QED) is 0.902. The molecule has 1 N–H and O–H groups in total. The predicted molar refractivity (Wildman–Crippen MR) is 76.6 cm³/mol. The molecule has 5 heteroatoms. The number of carbonyl (C=O) groups is 1. The molecule has 1 atom stereocenters. The molecule has 1 aliphatic rings. The summed E-state index contributed by atoms with van der Waals surface area (Å²) in [7, 11) is 0. The summed E-state index contributed by atoms with van der Waals surface area (Å²) >= 11 is 6.23. The highest BCUT2D eigenvalue weighted by Crippen LogP contribution is 2.22. The molecule has 1 aromatic rings. The van der Waals surface area contributed by atoms with Gasteiger partial charge in [-0.25, -0.2) is 0 Å². The molecule has 19 heavy (non-hydrogen) atoms. The lowest BCUT2D eigenvalue weighted by molar-refractivity contribution is -0.119. The highest BCUT2D eigenvalue weighted by Gasteiger charge is 2.20. The van der Waals surface area contributed by atoms with Crippen LogP contribution in [0, 0.1) is 12.8 Å². The fourth-order valence-electron chi connectivity index (χ4n) is 2.72. The molecule has 0 aliphatic carbocycles. The van der Waals surface area contributed by atoms with E-state index in [1.807, 2.05) is 18.5 Å². The highest BCUT2D eigenvalue weighted by atomic mass is 35.5. The van der Waals surface area contributed by atoms with Crippen molar-refractivity contribution >= 4 is 17.4 Å². The molecule has 0 amide bonds. The maximum atomic E-state index is 12.2. The zero-order valence-corrected chi connectivity index (χ0v) is 12.5. The van der Waals surface area contributed by atoms with E-state index in [2.05, 4.69) is 10.4 Å². The lowest BCUT2D eigenvalue weighted by atomic mass is 9.93. The molecule has 0 saturated carbocycles. The number of aryl methyl sites for hydroxylation is 2. The molecule has 4 nitrogen and oxygen atoms in total. The summed E-state index contributed by atoms with van der Waals surface area (Å²) in [5, 5.41) is 8.34. The van der Waals surface area contributed by atoms with Crippen molar-refractivity contribution in [3.8, 4) is 0 Å². The van der Waals surface area contributed by atoms with Crippen molar-refractivity contribution in [3.05, 3.63) is 16.4 Å². The number of hydrogen-bond acceptors (Lipinski definition) is 3. The number of piperidine rings is 1. The van der Waals surface area contributed by atoms with Crippen LogP contribution in [0.15, 0.2) is 0 Å². The standard InChI is InChI=1S/C14H22ClN3O/c1-3-18-13(14(15)10(2)17-18)8-12(19)7-11-5-4-6-16-9-11/h11,16H,3-9H2,1-2H3. The second kappa shape index (κ2) is 6.53. The average Bonchev–Trinajstić information content (AvgIpc) is 2.67. The summed E-state index contributed by atoms with van der Waals surface area (Å²) in [6, 6.07) is 0. The molecule has 1 fully saturated rings. The van der Waals surface area contributed by atoms with Gasteiger partial charge in [0.1, 0.15) is 5.78 Å². The van der Waals surface area contributed by atoms with E-state index >= 15 is 0 Å². The Hall–Kier alpha value is -0.870. The van der Waals surface area contributed by atoms with E-state index in [-0.39, 0.29) is 5.78 Å². The first-order valence-corrected chi connectivity index (χ1v) is 7.43. The van der Waals surface area contributed by atoms with Gasteiger partial charge in [0.2, 0.25) is 0 Å². The van der Waals surface area contributed by atoms with Gasteiger partial charge in [0, 0.05) is 19.4 Å². The molecule has 2 rings (SSSR count). The van der Waals surface area contributed by atoms with E-state index in [4.69, 9.17) is 11.6 Å². The van der Waals surface area contributed by atoms with Crippen LogP contribution in [0.1, 0.15) is 37.6 Å². The van der Waals surface area contributed by atoms with Gasteiger partial charge in [0.15, 0.2) is 0 Å². The van der Waals surface area contributed by atoms with Crippen molar-refractivity contribution in [3.63, 3.8) is 0 Å². The van der Waals surface area contributed by atoms with Crippen molar-refractivity contribution in [1.82, 2.24) is 15.1 Å². The number of rotatable bonds is 5. The Morgan fingerprint density at radius 1 is 1.58 bits per heavy atom. The first kappa shape index (κ1) is 14.5. The Kier molecular flexibility index (Phi) is 4.99. The summed E-state index contributed by atoms with van der Waals surface area (Å²) in [6.45, 7) is 6.69. The number of nitrogens with one attached hydrogen (secondary N) is 1. The van der Waals surface area contributed by atoms with E-state index < -0.39 is 0 Å². The van der Waals surface area contributed by atoms with Gasteiger partial charge in [-0.1, -0.05) is 11.6 Å². The average molecular weight is 284 g/mol. The second-order valence-corrected chi connectivity index (χ2v) is 5.67. The van der Waals surface area contributed by atoms with Crippen molar-refractivity contribution in [2.24, 2.45) is 5.92 Å². The van der Waals surface area contributed by atoms with Crippen LogP contribution in [0.2, 0.25) is 5.02 Å². The fraction of sp³-hybridized carbons (Fsp3) is 0.714. The predicted octanol–water partition coefficient (Wildman–Crippen LogP) is 2.37. The molecule has 0 aromatic carbocycles. The zero-order chi connectivity index (χ0) is 13.8. The molecule has 106 valence electrons. The Balaban J connectivity index is 1.98. The van der Waals surface area contributed by atoms with Crippen molar-refractivity contribution in [2.45, 2.75) is 46.1 Å². The molecule has 1 saturated heterocycles. The Labute approximate surface area is 119 Å². The van der Waals surface area contributed by atoms with Gasteiger partial charge in [-0.3, -0.25) is 9.48 Å². The maximum absolute atomic E-state index is 12.2. The van der Waals surface area contributed by atoms with E-state index in [1.165, 1.54) is 6.42 Å². The van der Waals surface area contributed by atoms with E-state index in [0.29, 0.717) is 23.8 Å². The Morgan fingerprint density at radius 3 is 3.00 bits per heavy atom. The molecular weight excluding hydrogens is 262 g/mol. The van der Waals surface area contributed by atoms with Gasteiger partial charge < -0.3 is 5.32 Å². The zero-order valence-electron chi connectivity index (χ0n) is 11.7. The minimum Gasteiger partial charge on any atom is -0.316 e. The molecule has 0 bridgehead atoms. The molecular formula is C14H22ClN3O. The monoisotopic (exact) mass is 283 g/mol. The summed E-state index contributed by atoms with van der Waals surface area (Å²) in [6.07, 6.45) is 3.38. The largest absolute Gasteiger partial charge is 0.316 e. The third kappa shape index (κ3) is 3.57. The van der Waals surface area contributed by atoms with Crippen LogP contribution in [0.25, 0.3) is 0 Å². The van der Waals surface area contributed by atoms with Gasteiger partial charge >= 0.3 is 0 Å². The Morgan fingerprint density at radius 2 is 2.37 bits per heavy atom. The van der Waals surface area contributed by atoms with E-state index in [1.54, 1.807) is 0 Å². The van der Waals surface area contributed by atoms with Crippen LogP contribution in [-0.4, -0.2) is 28.7 Å². The maximum Gasteiger partial charge on any atom is 0.139 e. The summed E-state index contributed by atoms with van der Waals surface area (Å²) in [5.41, 5.74) is 1.68. The number of hydrogen-bond donors (Lipinski definition) is 1. The topological polar surface area (TPSA) is 46.9 Å². The van der Waals surface area contributed by atoms with Gasteiger partial charge in [-0.2, -0.15) is 5.10 Å². The SMILES string of the molecule is CCn1nc(C)c(Cl)c1CC(=O)CC1CCCNC1. The van der Waals surface area contributed by atoms with E-state index in [0.717, 1.165) is 37.4 Å². The number of aromatic nitrogens is 2. The molecule has 1 aliphatic heterocycles. The molecule has 2 heterocycles. The van der Waals surface area contributed by atoms with Crippen LogP contribution >= 0.6 is 11.6 Å². The summed E-state index contributed by atoms with van der Waals surface area (Å²) in [5.74, 6) is 0.754. The Bertz CT molecular complexity index is 450. The number of carbonyl (C=O) groups excluding carboxylic acids is 1. The van der Waals surface area contributed by atoms with Crippen molar-refractivity contribution < 1.29 is 4.79 Å². The second-order valence-electron chi connectivity index (χ2n) is 5.29. The smallest absolute Gasteiger partial charge is 0.139 e. The third-order valence-corrected chi connectivity index (χ3v) is 4.22. The van der Waals surface area contributed by atoms with Crippen LogP contribution in [0.5, 0.6) is 0 Å². The van der Waals surface area contributed by atoms with Gasteiger partial charge in [-0.05, 0) is 45.7 Å². The van der Waals surface area contributed by atoms with Crippen LogP contribution in [-0.2, 0) is 17.8 Å². The first-order chi connectivity index (χ1) is 9.11. The van der Waals surface area contributed by atoms with Crippen molar-refractivity contribution in [2.75, 3.05) is 13.1 Å². The van der Waals surface area contributed by atoms with Crippen LogP contribution < -0.4 is 5.32 Å². The van der Waals surface area contributed by atoms with Gasteiger partial charge in [-0.15, -0.1) is 0 Å². The van der Waals surface area contributed by atoms with Crippen molar-refractivity contribution in [1.29, 1.82) is 0 Å². The fourth-order valence-corrected chi connectivity index (χ4v) is 2.92. The van der Waals surface area contributed by atoms with Gasteiger partial charge in [0.05, 0.1) is 16.4 Å². The number of halogens is 1. The first-order valence-electron chi connectivity index (χ1n) is 7.06. The molecule has 1 unspecified atom stereocenters. The lowest BCUT2D eigenvalue weighted by Gasteiger charge is -2.21. The third-order valence-electron chi connectivity index (χ3n) is 3.73. The number of ketones is 1. The molecule has 1 aromatic heterocycles. The normalized spacial score (nSPS) is 19.6. The minimum atomic E-state index is 0.269. The van der Waals surface area contributed by atoms with Crippen LogP contribution in [0.4, 0.5) is 0 Å². The number of Topliss-reactive ketones (excluding diaryl/α,β-unsaturated/α-hetero) is 1. The van der Waals surface area contributed by atoms with Gasteiger partial charge in [0.25, 0.3) is 0 Å². The molecule has 0 radical (unpaired) electrons. The number of nitrogens with zero attached hydrogens (tertiary/aromatic N) is 2. The summed E-state index contributed by atoms with van der Waals surface area (Å²) in [4.78, 5) is 12.2. The lowest BCUT2D eigenvalue weighted by Crippen LogP contribution is -2.31. The summed E-state index contributed by atoms with van der Waals surface area (Å²) < 4.78 is 1.84. The van der Waals surface area contributed by atoms with E-state index in [9.17, 15) is 4.79 Å².